The molecular formula is C15H20N2O3. The summed E-state index contributed by atoms with van der Waals surface area (Å²) in [6.45, 7) is 2.34. The molecule has 2 heterocycles. The third-order valence-electron chi connectivity index (χ3n) is 4.36. The van der Waals surface area contributed by atoms with E-state index < -0.39 is 0 Å². The molecule has 108 valence electrons. The fraction of sp³-hybridized carbons (Fsp3) is 0.600. The standard InChI is InChI=1S/C15H20N2O3/c1-10-4-5-12(13(18)16-10)14(19)17-11-8-15(20-9-11)6-2-3-7-15/h4-5,11H,2-3,6-9H2,1H3,(H,16,18)(H,17,19). The number of H-pyrrole nitrogens is 1. The van der Waals surface area contributed by atoms with Crippen LogP contribution in [-0.4, -0.2) is 29.1 Å². The molecule has 5 heteroatoms. The molecule has 1 aliphatic heterocycles. The topological polar surface area (TPSA) is 71.2 Å². The highest BCUT2D eigenvalue weighted by atomic mass is 16.5. The van der Waals surface area contributed by atoms with Crippen LogP contribution in [0.5, 0.6) is 0 Å². The van der Waals surface area contributed by atoms with Gasteiger partial charge in [-0.2, -0.15) is 0 Å². The predicted octanol–water partition coefficient (Wildman–Crippen LogP) is 1.51. The number of aromatic amines is 1. The van der Waals surface area contributed by atoms with Gasteiger partial charge in [-0.1, -0.05) is 12.8 Å². The Kier molecular flexibility index (Phi) is 3.38. The average molecular weight is 276 g/mol. The summed E-state index contributed by atoms with van der Waals surface area (Å²) in [7, 11) is 0. The van der Waals surface area contributed by atoms with Gasteiger partial charge in [0.2, 0.25) is 0 Å². The van der Waals surface area contributed by atoms with Crippen molar-refractivity contribution in [1.82, 2.24) is 10.3 Å². The van der Waals surface area contributed by atoms with Crippen molar-refractivity contribution in [2.45, 2.75) is 50.7 Å². The first kappa shape index (κ1) is 13.4. The Morgan fingerprint density at radius 1 is 1.40 bits per heavy atom. The van der Waals surface area contributed by atoms with E-state index in [1.54, 1.807) is 19.1 Å². The van der Waals surface area contributed by atoms with Gasteiger partial charge in [-0.05, 0) is 38.3 Å². The summed E-state index contributed by atoms with van der Waals surface area (Å²) in [5.41, 5.74) is 0.568. The Balaban J connectivity index is 1.66. The summed E-state index contributed by atoms with van der Waals surface area (Å²) < 4.78 is 5.90. The van der Waals surface area contributed by atoms with Crippen molar-refractivity contribution in [3.63, 3.8) is 0 Å². The number of hydrogen-bond donors (Lipinski definition) is 2. The van der Waals surface area contributed by atoms with E-state index in [-0.39, 0.29) is 28.7 Å². The summed E-state index contributed by atoms with van der Waals surface area (Å²) in [4.78, 5) is 26.6. The smallest absolute Gasteiger partial charge is 0.260 e. The zero-order valence-electron chi connectivity index (χ0n) is 11.7. The Bertz CT molecular complexity index is 573. The molecule has 1 atom stereocenters. The number of hydrogen-bond acceptors (Lipinski definition) is 3. The van der Waals surface area contributed by atoms with Gasteiger partial charge in [0.15, 0.2) is 0 Å². The zero-order chi connectivity index (χ0) is 14.2. The molecule has 1 aromatic rings. The van der Waals surface area contributed by atoms with Gasteiger partial charge in [-0.15, -0.1) is 0 Å². The molecule has 0 radical (unpaired) electrons. The summed E-state index contributed by atoms with van der Waals surface area (Å²) in [6.07, 6.45) is 5.45. The van der Waals surface area contributed by atoms with E-state index in [1.807, 2.05) is 0 Å². The Morgan fingerprint density at radius 2 is 2.15 bits per heavy atom. The van der Waals surface area contributed by atoms with E-state index in [0.717, 1.165) is 25.0 Å². The molecule has 1 unspecified atom stereocenters. The van der Waals surface area contributed by atoms with Crippen LogP contribution in [0.3, 0.4) is 0 Å². The van der Waals surface area contributed by atoms with Gasteiger partial charge in [0.05, 0.1) is 18.2 Å². The average Bonchev–Trinajstić information content (AvgIpc) is 3.00. The molecule has 3 rings (SSSR count). The number of carbonyl (C=O) groups is 1. The maximum atomic E-state index is 12.1. The highest BCUT2D eigenvalue weighted by molar-refractivity contribution is 5.94. The second-order valence-corrected chi connectivity index (χ2v) is 5.96. The van der Waals surface area contributed by atoms with E-state index in [9.17, 15) is 9.59 Å². The maximum Gasteiger partial charge on any atom is 0.260 e. The van der Waals surface area contributed by atoms with E-state index in [2.05, 4.69) is 10.3 Å². The molecule has 1 spiro atoms. The van der Waals surface area contributed by atoms with Gasteiger partial charge in [0.1, 0.15) is 5.56 Å². The third kappa shape index (κ3) is 2.50. The number of pyridine rings is 1. The lowest BCUT2D eigenvalue weighted by molar-refractivity contribution is 0.00987. The molecule has 0 bridgehead atoms. The second kappa shape index (κ2) is 5.05. The van der Waals surface area contributed by atoms with Crippen molar-refractivity contribution in [3.8, 4) is 0 Å². The van der Waals surface area contributed by atoms with Crippen molar-refractivity contribution in [2.24, 2.45) is 0 Å². The van der Waals surface area contributed by atoms with Crippen molar-refractivity contribution in [1.29, 1.82) is 0 Å². The SMILES string of the molecule is Cc1ccc(C(=O)NC2COC3(CCCC3)C2)c(=O)[nH]1. The Labute approximate surface area is 117 Å². The van der Waals surface area contributed by atoms with Crippen LogP contribution < -0.4 is 10.9 Å². The first-order valence-electron chi connectivity index (χ1n) is 7.23. The number of rotatable bonds is 2. The van der Waals surface area contributed by atoms with Gasteiger partial charge >= 0.3 is 0 Å². The Morgan fingerprint density at radius 3 is 2.85 bits per heavy atom. The maximum absolute atomic E-state index is 12.1. The van der Waals surface area contributed by atoms with Crippen LogP contribution >= 0.6 is 0 Å². The van der Waals surface area contributed by atoms with E-state index in [1.165, 1.54) is 12.8 Å². The lowest BCUT2D eigenvalue weighted by Gasteiger charge is -2.21. The molecule has 20 heavy (non-hydrogen) atoms. The van der Waals surface area contributed by atoms with Gasteiger partial charge in [0.25, 0.3) is 11.5 Å². The molecule has 2 fully saturated rings. The third-order valence-corrected chi connectivity index (χ3v) is 4.36. The number of aryl methyl sites for hydroxylation is 1. The molecule has 2 N–H and O–H groups in total. The molecule has 1 aliphatic carbocycles. The van der Waals surface area contributed by atoms with Gasteiger partial charge < -0.3 is 15.0 Å². The molecular weight excluding hydrogens is 256 g/mol. The lowest BCUT2D eigenvalue weighted by atomic mass is 9.96. The number of amides is 1. The van der Waals surface area contributed by atoms with Crippen LogP contribution in [0.4, 0.5) is 0 Å². The largest absolute Gasteiger partial charge is 0.373 e. The highest BCUT2D eigenvalue weighted by Crippen LogP contribution is 2.40. The summed E-state index contributed by atoms with van der Waals surface area (Å²) in [5.74, 6) is -0.310. The number of nitrogens with one attached hydrogen (secondary N) is 2. The number of aromatic nitrogens is 1. The molecule has 0 aromatic carbocycles. The van der Waals surface area contributed by atoms with E-state index in [4.69, 9.17) is 4.74 Å². The fourth-order valence-electron chi connectivity index (χ4n) is 3.32. The van der Waals surface area contributed by atoms with Crippen LogP contribution in [0.15, 0.2) is 16.9 Å². The molecule has 1 amide bonds. The number of carbonyl (C=O) groups excluding carboxylic acids is 1. The monoisotopic (exact) mass is 276 g/mol. The lowest BCUT2D eigenvalue weighted by Crippen LogP contribution is -2.38. The minimum atomic E-state index is -0.336. The summed E-state index contributed by atoms with van der Waals surface area (Å²) >= 11 is 0. The molecule has 1 aromatic heterocycles. The van der Waals surface area contributed by atoms with Crippen molar-refractivity contribution in [2.75, 3.05) is 6.61 Å². The van der Waals surface area contributed by atoms with Gasteiger partial charge in [0, 0.05) is 5.69 Å². The highest BCUT2D eigenvalue weighted by Gasteiger charge is 2.42. The van der Waals surface area contributed by atoms with Gasteiger partial charge in [-0.3, -0.25) is 9.59 Å². The van der Waals surface area contributed by atoms with Crippen molar-refractivity contribution >= 4 is 5.91 Å². The van der Waals surface area contributed by atoms with Crippen LogP contribution in [0.1, 0.15) is 48.2 Å². The quantitative estimate of drug-likeness (QED) is 0.860. The minimum absolute atomic E-state index is 0.0151. The fourth-order valence-corrected chi connectivity index (χ4v) is 3.32. The summed E-state index contributed by atoms with van der Waals surface area (Å²) in [6, 6.07) is 3.33. The minimum Gasteiger partial charge on any atom is -0.373 e. The van der Waals surface area contributed by atoms with Crippen LogP contribution in [-0.2, 0) is 4.74 Å². The van der Waals surface area contributed by atoms with Gasteiger partial charge in [-0.25, -0.2) is 0 Å². The normalized spacial score (nSPS) is 24.1. The first-order valence-corrected chi connectivity index (χ1v) is 7.23. The van der Waals surface area contributed by atoms with E-state index >= 15 is 0 Å². The molecule has 2 aliphatic rings. The molecule has 5 nitrogen and oxygen atoms in total. The van der Waals surface area contributed by atoms with E-state index in [0.29, 0.717) is 6.61 Å². The molecule has 1 saturated carbocycles. The van der Waals surface area contributed by atoms with Crippen molar-refractivity contribution in [3.05, 3.63) is 33.7 Å². The second-order valence-electron chi connectivity index (χ2n) is 5.96. The van der Waals surface area contributed by atoms with Crippen LogP contribution in [0.2, 0.25) is 0 Å². The van der Waals surface area contributed by atoms with Crippen LogP contribution in [0, 0.1) is 6.92 Å². The predicted molar refractivity (Wildman–Crippen MR) is 74.8 cm³/mol. The first-order chi connectivity index (χ1) is 9.58. The van der Waals surface area contributed by atoms with Crippen molar-refractivity contribution < 1.29 is 9.53 Å². The number of ether oxygens (including phenoxy) is 1. The Hall–Kier alpha value is -1.62. The molecule has 1 saturated heterocycles. The van der Waals surface area contributed by atoms with Crippen LogP contribution in [0.25, 0.3) is 0 Å². The summed E-state index contributed by atoms with van der Waals surface area (Å²) in [5, 5.41) is 2.92. The zero-order valence-corrected chi connectivity index (χ0v) is 11.7.